The summed E-state index contributed by atoms with van der Waals surface area (Å²) in [5.74, 6) is 1.30. The zero-order valence-corrected chi connectivity index (χ0v) is 13.7. The van der Waals surface area contributed by atoms with Gasteiger partial charge in [-0.25, -0.2) is 0 Å². The molecule has 2 aromatic carbocycles. The molecule has 0 aliphatic heterocycles. The molecule has 2 N–H and O–H groups in total. The van der Waals surface area contributed by atoms with Gasteiger partial charge >= 0.3 is 0 Å². The summed E-state index contributed by atoms with van der Waals surface area (Å²) in [4.78, 5) is 0. The van der Waals surface area contributed by atoms with Gasteiger partial charge in [-0.3, -0.25) is 0 Å². The van der Waals surface area contributed by atoms with Crippen molar-refractivity contribution in [2.24, 2.45) is 5.73 Å². The summed E-state index contributed by atoms with van der Waals surface area (Å²) in [5.41, 5.74) is 8.41. The number of nitrogens with two attached hydrogens (primary N) is 1. The second-order valence-corrected chi connectivity index (χ2v) is 5.98. The first kappa shape index (κ1) is 16.2. The average Bonchev–Trinajstić information content (AvgIpc) is 2.45. The van der Waals surface area contributed by atoms with Crippen molar-refractivity contribution < 1.29 is 4.74 Å². The Labute approximate surface area is 135 Å². The van der Waals surface area contributed by atoms with Crippen LogP contribution in [0.4, 0.5) is 0 Å². The first-order valence-electron chi connectivity index (χ1n) is 6.97. The molecule has 0 radical (unpaired) electrons. The summed E-state index contributed by atoms with van der Waals surface area (Å²) in [6.45, 7) is 4.16. The molecule has 0 heterocycles. The van der Waals surface area contributed by atoms with Crippen LogP contribution in [0.5, 0.6) is 11.5 Å². The number of hydrogen-bond donors (Lipinski definition) is 1. The maximum atomic E-state index is 6.10. The van der Waals surface area contributed by atoms with Crippen LogP contribution in [0, 0.1) is 6.92 Å². The van der Waals surface area contributed by atoms with E-state index in [0.717, 1.165) is 24.2 Å². The zero-order valence-electron chi connectivity index (χ0n) is 12.2. The Hall–Kier alpha value is -1.22. The van der Waals surface area contributed by atoms with Gasteiger partial charge in [0.25, 0.3) is 0 Å². The molecule has 1 unspecified atom stereocenters. The Balaban J connectivity index is 2.18. The number of halogens is 2. The molecule has 2 rings (SSSR count). The predicted octanol–water partition coefficient (Wildman–Crippen LogP) is 5.37. The van der Waals surface area contributed by atoms with E-state index in [1.165, 1.54) is 5.56 Å². The molecule has 0 aromatic heterocycles. The maximum Gasteiger partial charge on any atom is 0.147 e. The van der Waals surface area contributed by atoms with Gasteiger partial charge in [0, 0.05) is 17.1 Å². The number of hydrogen-bond acceptors (Lipinski definition) is 2. The second-order valence-electron chi connectivity index (χ2n) is 5.14. The highest BCUT2D eigenvalue weighted by molar-refractivity contribution is 6.34. The summed E-state index contributed by atoms with van der Waals surface area (Å²) < 4.78 is 5.81. The van der Waals surface area contributed by atoms with Crippen LogP contribution < -0.4 is 10.5 Å². The molecule has 0 amide bonds. The van der Waals surface area contributed by atoms with Crippen molar-refractivity contribution in [2.45, 2.75) is 32.7 Å². The Morgan fingerprint density at radius 1 is 1.14 bits per heavy atom. The zero-order chi connectivity index (χ0) is 15.4. The fraction of sp³-hybridized carbons (Fsp3) is 0.294. The van der Waals surface area contributed by atoms with Gasteiger partial charge in [0.05, 0.1) is 5.02 Å². The van der Waals surface area contributed by atoms with E-state index < -0.39 is 0 Å². The summed E-state index contributed by atoms with van der Waals surface area (Å²) in [6, 6.07) is 11.3. The van der Waals surface area contributed by atoms with Crippen LogP contribution in [0.3, 0.4) is 0 Å². The third kappa shape index (κ3) is 4.37. The van der Waals surface area contributed by atoms with Gasteiger partial charge in [-0.05, 0) is 55.2 Å². The molecular formula is C17H19Cl2NO. The molecule has 0 fully saturated rings. The van der Waals surface area contributed by atoms with Gasteiger partial charge in [-0.1, -0.05) is 36.2 Å². The Bertz CT molecular complexity index is 628. The number of aryl methyl sites for hydroxylation is 1. The Morgan fingerprint density at radius 2 is 1.90 bits per heavy atom. The van der Waals surface area contributed by atoms with Crippen LogP contribution in [0.1, 0.15) is 24.5 Å². The molecule has 0 saturated heterocycles. The van der Waals surface area contributed by atoms with Crippen molar-refractivity contribution in [3.8, 4) is 11.5 Å². The molecule has 0 aliphatic carbocycles. The lowest BCUT2D eigenvalue weighted by Gasteiger charge is -2.13. The van der Waals surface area contributed by atoms with E-state index in [1.54, 1.807) is 18.2 Å². The van der Waals surface area contributed by atoms with E-state index in [9.17, 15) is 0 Å². The normalized spacial score (nSPS) is 12.2. The SMILES string of the molecule is CCC(N)Cc1ccc(Oc2cc(Cl)ccc2Cl)cc1C. The van der Waals surface area contributed by atoms with Crippen LogP contribution in [0.25, 0.3) is 0 Å². The lowest BCUT2D eigenvalue weighted by molar-refractivity contribution is 0.482. The summed E-state index contributed by atoms with van der Waals surface area (Å²) in [7, 11) is 0. The fourth-order valence-corrected chi connectivity index (χ4v) is 2.39. The van der Waals surface area contributed by atoms with E-state index in [-0.39, 0.29) is 6.04 Å². The minimum atomic E-state index is 0.192. The topological polar surface area (TPSA) is 35.2 Å². The van der Waals surface area contributed by atoms with Gasteiger partial charge in [0.2, 0.25) is 0 Å². The predicted molar refractivity (Wildman–Crippen MR) is 89.7 cm³/mol. The van der Waals surface area contributed by atoms with Gasteiger partial charge in [-0.15, -0.1) is 0 Å². The first-order chi connectivity index (χ1) is 9.99. The highest BCUT2D eigenvalue weighted by Gasteiger charge is 2.08. The lowest BCUT2D eigenvalue weighted by atomic mass is 10.00. The van der Waals surface area contributed by atoms with Gasteiger partial charge in [0.1, 0.15) is 11.5 Å². The molecule has 1 atom stereocenters. The molecule has 0 saturated carbocycles. The maximum absolute atomic E-state index is 6.10. The molecular weight excluding hydrogens is 305 g/mol. The van der Waals surface area contributed by atoms with Gasteiger partial charge in [0.15, 0.2) is 0 Å². The molecule has 0 spiro atoms. The second kappa shape index (κ2) is 7.17. The Kier molecular flexibility index (Phi) is 5.51. The van der Waals surface area contributed by atoms with Crippen LogP contribution in [0.15, 0.2) is 36.4 Å². The van der Waals surface area contributed by atoms with E-state index in [0.29, 0.717) is 15.8 Å². The monoisotopic (exact) mass is 323 g/mol. The number of ether oxygens (including phenoxy) is 1. The molecule has 112 valence electrons. The van der Waals surface area contributed by atoms with Crippen molar-refractivity contribution >= 4 is 23.2 Å². The summed E-state index contributed by atoms with van der Waals surface area (Å²) in [6.07, 6.45) is 1.84. The quantitative estimate of drug-likeness (QED) is 0.802. The number of rotatable bonds is 5. The average molecular weight is 324 g/mol. The van der Waals surface area contributed by atoms with E-state index >= 15 is 0 Å². The third-order valence-corrected chi connectivity index (χ3v) is 3.99. The van der Waals surface area contributed by atoms with Crippen LogP contribution >= 0.6 is 23.2 Å². The Morgan fingerprint density at radius 3 is 2.57 bits per heavy atom. The number of benzene rings is 2. The minimum absolute atomic E-state index is 0.192. The highest BCUT2D eigenvalue weighted by Crippen LogP contribution is 2.32. The minimum Gasteiger partial charge on any atom is -0.456 e. The molecule has 2 nitrogen and oxygen atoms in total. The highest BCUT2D eigenvalue weighted by atomic mass is 35.5. The van der Waals surface area contributed by atoms with Gasteiger partial charge < -0.3 is 10.5 Å². The lowest BCUT2D eigenvalue weighted by Crippen LogP contribution is -2.21. The van der Waals surface area contributed by atoms with E-state index in [2.05, 4.69) is 19.9 Å². The van der Waals surface area contributed by atoms with Crippen molar-refractivity contribution in [3.05, 3.63) is 57.6 Å². The molecule has 0 aliphatic rings. The fourth-order valence-electron chi connectivity index (χ4n) is 2.07. The van der Waals surface area contributed by atoms with Crippen molar-refractivity contribution in [2.75, 3.05) is 0 Å². The standard InChI is InChI=1S/C17H19Cl2NO/c1-3-14(20)9-12-4-6-15(8-11(12)2)21-17-10-13(18)5-7-16(17)19/h4-8,10,14H,3,9,20H2,1-2H3. The first-order valence-corrected chi connectivity index (χ1v) is 7.73. The molecule has 0 bridgehead atoms. The summed E-state index contributed by atoms with van der Waals surface area (Å²) >= 11 is 12.1. The van der Waals surface area contributed by atoms with Crippen molar-refractivity contribution in [1.29, 1.82) is 0 Å². The molecule has 4 heteroatoms. The van der Waals surface area contributed by atoms with Crippen molar-refractivity contribution in [1.82, 2.24) is 0 Å². The van der Waals surface area contributed by atoms with Crippen LogP contribution in [-0.2, 0) is 6.42 Å². The van der Waals surface area contributed by atoms with E-state index in [1.807, 2.05) is 12.1 Å². The van der Waals surface area contributed by atoms with Gasteiger partial charge in [-0.2, -0.15) is 0 Å². The van der Waals surface area contributed by atoms with Crippen molar-refractivity contribution in [3.63, 3.8) is 0 Å². The third-order valence-electron chi connectivity index (χ3n) is 3.44. The van der Waals surface area contributed by atoms with Crippen LogP contribution in [-0.4, -0.2) is 6.04 Å². The summed E-state index contributed by atoms with van der Waals surface area (Å²) in [5, 5.41) is 1.13. The van der Waals surface area contributed by atoms with E-state index in [4.69, 9.17) is 33.7 Å². The smallest absolute Gasteiger partial charge is 0.147 e. The molecule has 21 heavy (non-hydrogen) atoms. The van der Waals surface area contributed by atoms with Crippen LogP contribution in [0.2, 0.25) is 10.0 Å². The molecule has 2 aromatic rings. The largest absolute Gasteiger partial charge is 0.456 e.